The standard InChI is InChI=1S/C21H26N2O2/c1-15-12-16(2)14-18(13-15)25-11-7-6-10-23-20-9-5-4-8-19(20)22-21(23)17(3)24/h4-5,8-9,12-14,17,24H,6-7,10-11H2,1-3H3. The Morgan fingerprint density at radius 2 is 1.80 bits per heavy atom. The van der Waals surface area contributed by atoms with E-state index in [0.29, 0.717) is 6.61 Å². The van der Waals surface area contributed by atoms with Crippen molar-refractivity contribution in [3.63, 3.8) is 0 Å². The monoisotopic (exact) mass is 338 g/mol. The Balaban J connectivity index is 1.59. The molecule has 0 aliphatic carbocycles. The van der Waals surface area contributed by atoms with Crippen LogP contribution in [0, 0.1) is 13.8 Å². The molecule has 1 heterocycles. The maximum absolute atomic E-state index is 10.0. The van der Waals surface area contributed by atoms with E-state index in [2.05, 4.69) is 47.7 Å². The van der Waals surface area contributed by atoms with E-state index in [4.69, 9.17) is 4.74 Å². The number of rotatable bonds is 7. The number of unbranched alkanes of at least 4 members (excludes halogenated alkanes) is 1. The second-order valence-corrected chi connectivity index (χ2v) is 6.67. The molecule has 2 aromatic carbocycles. The lowest BCUT2D eigenvalue weighted by Crippen LogP contribution is -2.08. The van der Waals surface area contributed by atoms with Crippen molar-refractivity contribution in [1.29, 1.82) is 0 Å². The van der Waals surface area contributed by atoms with E-state index in [1.807, 2.05) is 18.2 Å². The summed E-state index contributed by atoms with van der Waals surface area (Å²) < 4.78 is 8.00. The van der Waals surface area contributed by atoms with Gasteiger partial charge in [-0.25, -0.2) is 4.98 Å². The Labute approximate surface area is 149 Å². The smallest absolute Gasteiger partial charge is 0.138 e. The summed E-state index contributed by atoms with van der Waals surface area (Å²) in [5, 5.41) is 10.0. The summed E-state index contributed by atoms with van der Waals surface area (Å²) in [7, 11) is 0. The number of aromatic nitrogens is 2. The van der Waals surface area contributed by atoms with Crippen molar-refractivity contribution in [3.05, 3.63) is 59.4 Å². The van der Waals surface area contributed by atoms with Gasteiger partial charge >= 0.3 is 0 Å². The number of aliphatic hydroxyl groups is 1. The number of ether oxygens (including phenoxy) is 1. The first-order valence-corrected chi connectivity index (χ1v) is 8.89. The van der Waals surface area contributed by atoms with E-state index < -0.39 is 6.10 Å². The van der Waals surface area contributed by atoms with Crippen LogP contribution >= 0.6 is 0 Å². The summed E-state index contributed by atoms with van der Waals surface area (Å²) in [5.41, 5.74) is 4.46. The Kier molecular flexibility index (Phi) is 5.39. The number of hydrogen-bond donors (Lipinski definition) is 1. The van der Waals surface area contributed by atoms with Crippen molar-refractivity contribution in [2.24, 2.45) is 0 Å². The minimum Gasteiger partial charge on any atom is -0.494 e. The molecule has 132 valence electrons. The molecule has 0 aliphatic heterocycles. The normalized spacial score (nSPS) is 12.5. The summed E-state index contributed by atoms with van der Waals surface area (Å²) in [6, 6.07) is 14.3. The summed E-state index contributed by atoms with van der Waals surface area (Å²) in [6.45, 7) is 7.46. The van der Waals surface area contributed by atoms with Crippen LogP contribution in [0.15, 0.2) is 42.5 Å². The van der Waals surface area contributed by atoms with Crippen LogP contribution in [0.2, 0.25) is 0 Å². The van der Waals surface area contributed by atoms with Gasteiger partial charge in [0.15, 0.2) is 0 Å². The number of hydrogen-bond acceptors (Lipinski definition) is 3. The van der Waals surface area contributed by atoms with Gasteiger partial charge in [-0.3, -0.25) is 0 Å². The first-order chi connectivity index (χ1) is 12.0. The molecule has 0 saturated carbocycles. The highest BCUT2D eigenvalue weighted by Crippen LogP contribution is 2.21. The Bertz CT molecular complexity index is 832. The lowest BCUT2D eigenvalue weighted by Gasteiger charge is -2.12. The van der Waals surface area contributed by atoms with Crippen molar-refractivity contribution in [2.75, 3.05) is 6.61 Å². The van der Waals surface area contributed by atoms with Crippen LogP contribution in [0.3, 0.4) is 0 Å². The van der Waals surface area contributed by atoms with Gasteiger partial charge in [0, 0.05) is 6.54 Å². The third-order valence-corrected chi connectivity index (χ3v) is 4.30. The van der Waals surface area contributed by atoms with Crippen LogP contribution in [0.1, 0.15) is 42.8 Å². The third kappa shape index (κ3) is 4.20. The molecule has 4 nitrogen and oxygen atoms in total. The molecule has 1 N–H and O–H groups in total. The Morgan fingerprint density at radius 3 is 2.52 bits per heavy atom. The molecule has 1 aromatic heterocycles. The second-order valence-electron chi connectivity index (χ2n) is 6.67. The first kappa shape index (κ1) is 17.5. The largest absolute Gasteiger partial charge is 0.494 e. The highest BCUT2D eigenvalue weighted by molar-refractivity contribution is 5.75. The van der Waals surface area contributed by atoms with Gasteiger partial charge in [0.1, 0.15) is 17.7 Å². The molecule has 1 atom stereocenters. The lowest BCUT2D eigenvalue weighted by molar-refractivity contribution is 0.184. The number of aliphatic hydroxyl groups excluding tert-OH is 1. The number of aryl methyl sites for hydroxylation is 3. The predicted molar refractivity (Wildman–Crippen MR) is 101 cm³/mol. The quantitative estimate of drug-likeness (QED) is 0.642. The number of benzene rings is 2. The van der Waals surface area contributed by atoms with E-state index in [-0.39, 0.29) is 0 Å². The van der Waals surface area contributed by atoms with Crippen LogP contribution in [-0.2, 0) is 6.54 Å². The van der Waals surface area contributed by atoms with Gasteiger partial charge in [0.2, 0.25) is 0 Å². The lowest BCUT2D eigenvalue weighted by atomic mass is 10.1. The summed E-state index contributed by atoms with van der Waals surface area (Å²) in [6.07, 6.45) is 1.36. The molecular formula is C21H26N2O2. The van der Waals surface area contributed by atoms with E-state index >= 15 is 0 Å². The fourth-order valence-corrected chi connectivity index (χ4v) is 3.23. The third-order valence-electron chi connectivity index (χ3n) is 4.30. The fraction of sp³-hybridized carbons (Fsp3) is 0.381. The van der Waals surface area contributed by atoms with Gasteiger partial charge in [0.25, 0.3) is 0 Å². The molecule has 1 unspecified atom stereocenters. The summed E-state index contributed by atoms with van der Waals surface area (Å²) in [5.74, 6) is 1.67. The molecule has 0 radical (unpaired) electrons. The van der Waals surface area contributed by atoms with Gasteiger partial charge in [-0.1, -0.05) is 18.2 Å². The molecule has 0 fully saturated rings. The minimum absolute atomic E-state index is 0.570. The molecule has 0 bridgehead atoms. The van der Waals surface area contributed by atoms with E-state index in [1.54, 1.807) is 6.92 Å². The van der Waals surface area contributed by atoms with Crippen LogP contribution in [-0.4, -0.2) is 21.3 Å². The zero-order valence-electron chi connectivity index (χ0n) is 15.2. The van der Waals surface area contributed by atoms with E-state index in [9.17, 15) is 5.11 Å². The van der Waals surface area contributed by atoms with Crippen molar-refractivity contribution in [1.82, 2.24) is 9.55 Å². The molecular weight excluding hydrogens is 312 g/mol. The maximum Gasteiger partial charge on any atom is 0.138 e. The number of para-hydroxylation sites is 2. The average Bonchev–Trinajstić information content (AvgIpc) is 2.93. The summed E-state index contributed by atoms with van der Waals surface area (Å²) >= 11 is 0. The van der Waals surface area contributed by atoms with Crippen LogP contribution in [0.25, 0.3) is 11.0 Å². The molecule has 3 rings (SSSR count). The zero-order chi connectivity index (χ0) is 17.8. The van der Waals surface area contributed by atoms with Crippen LogP contribution in [0.5, 0.6) is 5.75 Å². The van der Waals surface area contributed by atoms with Gasteiger partial charge in [0.05, 0.1) is 17.6 Å². The predicted octanol–water partition coefficient (Wildman–Crippen LogP) is 4.57. The molecule has 0 spiro atoms. The number of fused-ring (bicyclic) bond motifs is 1. The zero-order valence-corrected chi connectivity index (χ0v) is 15.2. The van der Waals surface area contributed by atoms with Crippen molar-refractivity contribution in [2.45, 2.75) is 46.3 Å². The number of imidazole rings is 1. The molecule has 0 aliphatic rings. The van der Waals surface area contributed by atoms with E-state index in [1.165, 1.54) is 11.1 Å². The van der Waals surface area contributed by atoms with Gasteiger partial charge in [-0.2, -0.15) is 0 Å². The molecule has 25 heavy (non-hydrogen) atoms. The second kappa shape index (κ2) is 7.70. The Hall–Kier alpha value is -2.33. The topological polar surface area (TPSA) is 47.3 Å². The van der Waals surface area contributed by atoms with Crippen molar-refractivity contribution in [3.8, 4) is 5.75 Å². The van der Waals surface area contributed by atoms with Crippen molar-refractivity contribution < 1.29 is 9.84 Å². The van der Waals surface area contributed by atoms with Gasteiger partial charge in [-0.05, 0) is 69.0 Å². The van der Waals surface area contributed by atoms with E-state index in [0.717, 1.165) is 42.0 Å². The molecule has 4 heteroatoms. The highest BCUT2D eigenvalue weighted by atomic mass is 16.5. The van der Waals surface area contributed by atoms with Gasteiger partial charge < -0.3 is 14.4 Å². The fourth-order valence-electron chi connectivity index (χ4n) is 3.23. The number of nitrogens with zero attached hydrogens (tertiary/aromatic N) is 2. The molecule has 3 aromatic rings. The SMILES string of the molecule is Cc1cc(C)cc(OCCCCn2c(C(C)O)nc3ccccc32)c1. The molecule has 0 amide bonds. The highest BCUT2D eigenvalue weighted by Gasteiger charge is 2.13. The minimum atomic E-state index is -0.570. The van der Waals surface area contributed by atoms with Gasteiger partial charge in [-0.15, -0.1) is 0 Å². The molecule has 0 saturated heterocycles. The van der Waals surface area contributed by atoms with Crippen LogP contribution < -0.4 is 4.74 Å². The summed E-state index contributed by atoms with van der Waals surface area (Å²) in [4.78, 5) is 4.56. The first-order valence-electron chi connectivity index (χ1n) is 8.89. The van der Waals surface area contributed by atoms with Crippen LogP contribution in [0.4, 0.5) is 0 Å². The average molecular weight is 338 g/mol. The van der Waals surface area contributed by atoms with Crippen molar-refractivity contribution >= 4 is 11.0 Å². The maximum atomic E-state index is 10.0. The Morgan fingerprint density at radius 1 is 1.08 bits per heavy atom.